The molecule has 1 amide bonds. The van der Waals surface area contributed by atoms with Gasteiger partial charge in [0, 0.05) is 19.6 Å². The van der Waals surface area contributed by atoms with Gasteiger partial charge in [-0.15, -0.1) is 0 Å². The molecule has 1 unspecified atom stereocenters. The fourth-order valence-corrected chi connectivity index (χ4v) is 1.97. The molecular formula is C12H14ClNO4. The van der Waals surface area contributed by atoms with E-state index in [1.54, 1.807) is 0 Å². The van der Waals surface area contributed by atoms with Gasteiger partial charge in [-0.05, 0) is 18.2 Å². The summed E-state index contributed by atoms with van der Waals surface area (Å²) in [6.45, 7) is 0.790. The van der Waals surface area contributed by atoms with Crippen molar-refractivity contribution < 1.29 is 19.7 Å². The Hall–Kier alpha value is -1.30. The lowest BCUT2D eigenvalue weighted by Gasteiger charge is -2.20. The molecule has 3 N–H and O–H groups in total. The predicted octanol–water partition coefficient (Wildman–Crippen LogP) is 0.927. The third-order valence-electron chi connectivity index (χ3n) is 2.86. The molecule has 5 nitrogen and oxygen atoms in total. The first kappa shape index (κ1) is 13.1. The number of carbonyl (C=O) groups excluding carboxylic acids is 1. The van der Waals surface area contributed by atoms with Crippen LogP contribution in [0, 0.1) is 0 Å². The first-order valence-corrected chi connectivity index (χ1v) is 5.95. The molecular weight excluding hydrogens is 258 g/mol. The molecule has 18 heavy (non-hydrogen) atoms. The Morgan fingerprint density at radius 2 is 2.33 bits per heavy atom. The van der Waals surface area contributed by atoms with E-state index in [1.165, 1.54) is 18.2 Å². The minimum absolute atomic E-state index is 0.0348. The van der Waals surface area contributed by atoms with E-state index in [1.807, 2.05) is 0 Å². The molecule has 2 rings (SSSR count). The molecule has 1 atom stereocenters. The van der Waals surface area contributed by atoms with Gasteiger partial charge in [0.1, 0.15) is 11.4 Å². The fourth-order valence-electron chi connectivity index (χ4n) is 1.76. The molecule has 1 saturated heterocycles. The smallest absolute Gasteiger partial charge is 0.253 e. The number of hydrogen-bond donors (Lipinski definition) is 3. The van der Waals surface area contributed by atoms with Gasteiger partial charge in [-0.1, -0.05) is 11.6 Å². The van der Waals surface area contributed by atoms with Crippen LogP contribution in [-0.2, 0) is 4.74 Å². The topological polar surface area (TPSA) is 78.8 Å². The first-order valence-electron chi connectivity index (χ1n) is 5.57. The van der Waals surface area contributed by atoms with E-state index >= 15 is 0 Å². The highest BCUT2D eigenvalue weighted by atomic mass is 35.5. The first-order chi connectivity index (χ1) is 8.50. The third kappa shape index (κ3) is 2.93. The standard InChI is InChI=1S/C12H14ClNO4/c13-10-2-1-8(15)5-9(10)11(16)14-6-12(17)3-4-18-7-12/h1-2,5,15,17H,3-4,6-7H2,(H,14,16). The van der Waals surface area contributed by atoms with Gasteiger partial charge >= 0.3 is 0 Å². The Balaban J connectivity index is 2.01. The largest absolute Gasteiger partial charge is 0.508 e. The minimum Gasteiger partial charge on any atom is -0.508 e. The Morgan fingerprint density at radius 1 is 1.56 bits per heavy atom. The maximum Gasteiger partial charge on any atom is 0.253 e. The molecule has 0 bridgehead atoms. The average Bonchev–Trinajstić information content (AvgIpc) is 2.77. The normalized spacial score (nSPS) is 23.0. The number of phenols is 1. The maximum absolute atomic E-state index is 11.9. The van der Waals surface area contributed by atoms with Crippen LogP contribution < -0.4 is 5.32 Å². The van der Waals surface area contributed by atoms with Crippen molar-refractivity contribution in [3.8, 4) is 5.75 Å². The van der Waals surface area contributed by atoms with Gasteiger partial charge in [-0.25, -0.2) is 0 Å². The summed E-state index contributed by atoms with van der Waals surface area (Å²) >= 11 is 5.86. The Morgan fingerprint density at radius 3 is 3.00 bits per heavy atom. The number of carbonyl (C=O) groups is 1. The number of aromatic hydroxyl groups is 1. The van der Waals surface area contributed by atoms with Gasteiger partial charge in [0.15, 0.2) is 0 Å². The van der Waals surface area contributed by atoms with Gasteiger partial charge in [0.05, 0.1) is 17.2 Å². The maximum atomic E-state index is 11.9. The van der Waals surface area contributed by atoms with Crippen molar-refractivity contribution in [1.82, 2.24) is 5.32 Å². The second kappa shape index (κ2) is 5.14. The number of nitrogens with one attached hydrogen (secondary N) is 1. The minimum atomic E-state index is -1.01. The van der Waals surface area contributed by atoms with Crippen LogP contribution in [-0.4, -0.2) is 41.5 Å². The molecule has 6 heteroatoms. The van der Waals surface area contributed by atoms with Crippen LogP contribution in [0.15, 0.2) is 18.2 Å². The summed E-state index contributed by atoms with van der Waals surface area (Å²) in [4.78, 5) is 11.9. The SMILES string of the molecule is O=C(NCC1(O)CCOC1)c1cc(O)ccc1Cl. The molecule has 1 aromatic rings. The zero-order valence-electron chi connectivity index (χ0n) is 9.65. The summed E-state index contributed by atoms with van der Waals surface area (Å²) in [6, 6.07) is 4.13. The summed E-state index contributed by atoms with van der Waals surface area (Å²) in [5.74, 6) is -0.469. The monoisotopic (exact) mass is 271 g/mol. The molecule has 1 aromatic carbocycles. The van der Waals surface area contributed by atoms with E-state index < -0.39 is 11.5 Å². The summed E-state index contributed by atoms with van der Waals surface area (Å²) in [6.07, 6.45) is 0.487. The van der Waals surface area contributed by atoms with Crippen LogP contribution in [0.4, 0.5) is 0 Å². The van der Waals surface area contributed by atoms with Crippen LogP contribution in [0.25, 0.3) is 0 Å². The van der Waals surface area contributed by atoms with E-state index in [-0.39, 0.29) is 29.5 Å². The fraction of sp³-hybridized carbons (Fsp3) is 0.417. The van der Waals surface area contributed by atoms with E-state index in [2.05, 4.69) is 5.32 Å². The van der Waals surface area contributed by atoms with Crippen molar-refractivity contribution in [2.75, 3.05) is 19.8 Å². The molecule has 1 fully saturated rings. The lowest BCUT2D eigenvalue weighted by atomic mass is 10.0. The van der Waals surface area contributed by atoms with Gasteiger partial charge in [0.2, 0.25) is 0 Å². The highest BCUT2D eigenvalue weighted by Crippen LogP contribution is 2.22. The van der Waals surface area contributed by atoms with Crippen LogP contribution in [0.3, 0.4) is 0 Å². The number of hydrogen-bond acceptors (Lipinski definition) is 4. The van der Waals surface area contributed by atoms with Crippen molar-refractivity contribution in [3.63, 3.8) is 0 Å². The van der Waals surface area contributed by atoms with E-state index in [0.29, 0.717) is 13.0 Å². The lowest BCUT2D eigenvalue weighted by molar-refractivity contribution is 0.0264. The molecule has 0 aliphatic carbocycles. The predicted molar refractivity (Wildman–Crippen MR) is 65.8 cm³/mol. The molecule has 1 heterocycles. The molecule has 0 spiro atoms. The average molecular weight is 272 g/mol. The third-order valence-corrected chi connectivity index (χ3v) is 3.18. The van der Waals surface area contributed by atoms with Crippen molar-refractivity contribution in [3.05, 3.63) is 28.8 Å². The zero-order valence-corrected chi connectivity index (χ0v) is 10.4. The summed E-state index contributed by atoms with van der Waals surface area (Å²) in [5, 5.41) is 22.1. The van der Waals surface area contributed by atoms with Crippen molar-refractivity contribution >= 4 is 17.5 Å². The second-order valence-electron chi connectivity index (χ2n) is 4.37. The van der Waals surface area contributed by atoms with Crippen LogP contribution in [0.2, 0.25) is 5.02 Å². The quantitative estimate of drug-likeness (QED) is 0.764. The second-order valence-corrected chi connectivity index (χ2v) is 4.78. The van der Waals surface area contributed by atoms with Crippen LogP contribution >= 0.6 is 11.6 Å². The van der Waals surface area contributed by atoms with Gasteiger partial charge < -0.3 is 20.3 Å². The number of amides is 1. The molecule has 1 aliphatic heterocycles. The number of benzene rings is 1. The van der Waals surface area contributed by atoms with Crippen molar-refractivity contribution in [2.24, 2.45) is 0 Å². The number of halogens is 1. The highest BCUT2D eigenvalue weighted by molar-refractivity contribution is 6.33. The number of aliphatic hydroxyl groups is 1. The Bertz CT molecular complexity index is 457. The number of rotatable bonds is 3. The highest BCUT2D eigenvalue weighted by Gasteiger charge is 2.32. The lowest BCUT2D eigenvalue weighted by Crippen LogP contribution is -2.43. The van der Waals surface area contributed by atoms with E-state index in [0.717, 1.165) is 0 Å². The van der Waals surface area contributed by atoms with Gasteiger partial charge in [-0.3, -0.25) is 4.79 Å². The van der Waals surface area contributed by atoms with E-state index in [9.17, 15) is 15.0 Å². The van der Waals surface area contributed by atoms with Crippen molar-refractivity contribution in [1.29, 1.82) is 0 Å². The molecule has 0 radical (unpaired) electrons. The summed E-state index contributed by atoms with van der Waals surface area (Å²) < 4.78 is 5.07. The molecule has 98 valence electrons. The van der Waals surface area contributed by atoms with E-state index in [4.69, 9.17) is 16.3 Å². The summed E-state index contributed by atoms with van der Waals surface area (Å²) in [7, 11) is 0. The number of phenolic OH excluding ortho intramolecular Hbond substituents is 1. The molecule has 0 aromatic heterocycles. The molecule has 1 aliphatic rings. The molecule has 0 saturated carbocycles. The Labute approximate surface area is 109 Å². The van der Waals surface area contributed by atoms with Crippen LogP contribution in [0.5, 0.6) is 5.75 Å². The van der Waals surface area contributed by atoms with Gasteiger partial charge in [0.25, 0.3) is 5.91 Å². The van der Waals surface area contributed by atoms with Crippen LogP contribution in [0.1, 0.15) is 16.8 Å². The van der Waals surface area contributed by atoms with Crippen molar-refractivity contribution in [2.45, 2.75) is 12.0 Å². The Kier molecular flexibility index (Phi) is 3.75. The number of ether oxygens (including phenoxy) is 1. The summed E-state index contributed by atoms with van der Waals surface area (Å²) in [5.41, 5.74) is -0.835. The van der Waals surface area contributed by atoms with Gasteiger partial charge in [-0.2, -0.15) is 0 Å². The zero-order chi connectivity index (χ0) is 13.2.